The number of hydrogen-bond donors (Lipinski definition) is 2. The van der Waals surface area contributed by atoms with E-state index in [1.54, 1.807) is 18.3 Å². The first-order valence-corrected chi connectivity index (χ1v) is 8.41. The highest BCUT2D eigenvalue weighted by Gasteiger charge is 2.12. The van der Waals surface area contributed by atoms with E-state index >= 15 is 0 Å². The van der Waals surface area contributed by atoms with Gasteiger partial charge in [0.2, 0.25) is 5.78 Å². The van der Waals surface area contributed by atoms with Crippen LogP contribution in [-0.2, 0) is 16.1 Å². The van der Waals surface area contributed by atoms with Gasteiger partial charge in [-0.3, -0.25) is 14.7 Å². The summed E-state index contributed by atoms with van der Waals surface area (Å²) in [4.78, 5) is 26.8. The number of aromatic nitrogens is 4. The van der Waals surface area contributed by atoms with Crippen LogP contribution in [0.1, 0.15) is 34.4 Å². The van der Waals surface area contributed by atoms with E-state index in [9.17, 15) is 14.7 Å². The molecule has 28 heavy (non-hydrogen) atoms. The number of esters is 1. The largest absolute Gasteiger partial charge is 0.507 e. The number of allylic oxidation sites excluding steroid dienone is 1. The fraction of sp³-hybridized carbons (Fsp3) is 0.100. The lowest BCUT2D eigenvalue weighted by molar-refractivity contribution is -0.135. The van der Waals surface area contributed by atoms with Crippen LogP contribution < -0.4 is 0 Å². The first-order valence-electron chi connectivity index (χ1n) is 8.41. The van der Waals surface area contributed by atoms with Crippen LogP contribution in [0, 0.1) is 0 Å². The molecule has 1 aromatic carbocycles. The zero-order valence-corrected chi connectivity index (χ0v) is 15.1. The minimum absolute atomic E-state index is 0.0326. The Labute approximate surface area is 160 Å². The summed E-state index contributed by atoms with van der Waals surface area (Å²) in [6, 6.07) is 11.4. The lowest BCUT2D eigenvalue weighted by Gasteiger charge is -2.06. The molecule has 0 aliphatic rings. The van der Waals surface area contributed by atoms with E-state index < -0.39 is 11.8 Å². The highest BCUT2D eigenvalue weighted by atomic mass is 16.5. The van der Waals surface area contributed by atoms with Gasteiger partial charge in [-0.15, -0.1) is 0 Å². The molecule has 2 N–H and O–H groups in total. The van der Waals surface area contributed by atoms with Gasteiger partial charge >= 0.3 is 5.97 Å². The Morgan fingerprint density at radius 1 is 1.29 bits per heavy atom. The number of carbonyl (C=O) groups excluding carboxylic acids is 2. The van der Waals surface area contributed by atoms with Gasteiger partial charge in [-0.25, -0.2) is 4.98 Å². The van der Waals surface area contributed by atoms with E-state index in [1.165, 1.54) is 19.5 Å². The quantitative estimate of drug-likeness (QED) is 0.283. The Hall–Kier alpha value is -3.94. The molecule has 0 atom stereocenters. The first-order chi connectivity index (χ1) is 13.5. The normalized spacial score (nSPS) is 11.7. The number of hydrogen-bond acceptors (Lipinski definition) is 6. The Morgan fingerprint density at radius 3 is 2.75 bits per heavy atom. The van der Waals surface area contributed by atoms with Crippen molar-refractivity contribution in [2.75, 3.05) is 0 Å². The van der Waals surface area contributed by atoms with Crippen LogP contribution in [0.5, 0.6) is 0 Å². The summed E-state index contributed by atoms with van der Waals surface area (Å²) in [6.45, 7) is 1.84. The zero-order chi connectivity index (χ0) is 19.9. The Morgan fingerprint density at radius 2 is 2.07 bits per heavy atom. The van der Waals surface area contributed by atoms with Crippen LogP contribution in [0.2, 0.25) is 0 Å². The molecule has 2 heterocycles. The molecule has 0 spiro atoms. The number of benzene rings is 1. The minimum Gasteiger partial charge on any atom is -0.507 e. The molecular formula is C20H18N4O4. The summed E-state index contributed by atoms with van der Waals surface area (Å²) in [7, 11) is 0. The molecule has 3 aromatic rings. The summed E-state index contributed by atoms with van der Waals surface area (Å²) < 4.78 is 6.72. The third-order valence-electron chi connectivity index (χ3n) is 3.81. The summed E-state index contributed by atoms with van der Waals surface area (Å²) >= 11 is 0. The van der Waals surface area contributed by atoms with Crippen LogP contribution in [0.4, 0.5) is 0 Å². The van der Waals surface area contributed by atoms with Crippen molar-refractivity contribution < 1.29 is 19.4 Å². The van der Waals surface area contributed by atoms with Crippen molar-refractivity contribution in [3.63, 3.8) is 0 Å². The second-order valence-electron chi connectivity index (χ2n) is 5.91. The van der Waals surface area contributed by atoms with Crippen molar-refractivity contribution in [2.24, 2.45) is 0 Å². The molecule has 3 rings (SSSR count). The lowest BCUT2D eigenvalue weighted by Crippen LogP contribution is -2.00. The standard InChI is InChI=1S/C20H18N4O4/c1-14(25)28-8-7-17-9-16(12-24(17)11-15-5-3-2-4-6-15)18(26)10-19(27)20-21-13-22-23-20/h2-10,12-13,26H,11H2,1H3,(H,21,22,23)/b8-7+,18-10+. The second kappa shape index (κ2) is 8.63. The molecule has 2 aromatic heterocycles. The summed E-state index contributed by atoms with van der Waals surface area (Å²) in [6.07, 6.45) is 6.89. The molecule has 0 aliphatic carbocycles. The Bertz CT molecular complexity index is 1020. The number of nitrogens with zero attached hydrogens (tertiary/aromatic N) is 3. The average molecular weight is 378 g/mol. The van der Waals surface area contributed by atoms with Gasteiger partial charge in [0.05, 0.1) is 6.26 Å². The molecule has 0 bridgehead atoms. The predicted molar refractivity (Wildman–Crippen MR) is 102 cm³/mol. The van der Waals surface area contributed by atoms with E-state index in [2.05, 4.69) is 15.2 Å². The molecule has 0 aliphatic heterocycles. The number of aliphatic hydroxyl groups is 1. The van der Waals surface area contributed by atoms with Gasteiger partial charge < -0.3 is 14.4 Å². The summed E-state index contributed by atoms with van der Waals surface area (Å²) in [5.74, 6) is -1.11. The average Bonchev–Trinajstić information content (AvgIpc) is 3.33. The number of aromatic amines is 1. The zero-order valence-electron chi connectivity index (χ0n) is 15.1. The predicted octanol–water partition coefficient (Wildman–Crippen LogP) is 2.97. The summed E-state index contributed by atoms with van der Waals surface area (Å²) in [5, 5.41) is 16.4. The minimum atomic E-state index is -0.497. The monoisotopic (exact) mass is 378 g/mol. The maximum atomic E-state index is 12.1. The maximum absolute atomic E-state index is 12.1. The van der Waals surface area contributed by atoms with Crippen LogP contribution in [0.3, 0.4) is 0 Å². The van der Waals surface area contributed by atoms with Crippen molar-refractivity contribution in [3.05, 3.63) is 83.9 Å². The second-order valence-corrected chi connectivity index (χ2v) is 5.91. The highest BCUT2D eigenvalue weighted by Crippen LogP contribution is 2.19. The Balaban J connectivity index is 1.89. The van der Waals surface area contributed by atoms with E-state index in [0.29, 0.717) is 17.8 Å². The highest BCUT2D eigenvalue weighted by molar-refractivity contribution is 6.05. The number of ketones is 1. The number of H-pyrrole nitrogens is 1. The molecule has 0 fully saturated rings. The molecule has 0 unspecified atom stereocenters. The summed E-state index contributed by atoms with van der Waals surface area (Å²) in [5.41, 5.74) is 2.17. The van der Waals surface area contributed by atoms with Crippen molar-refractivity contribution in [3.8, 4) is 0 Å². The van der Waals surface area contributed by atoms with E-state index in [1.807, 2.05) is 34.9 Å². The molecule has 0 amide bonds. The van der Waals surface area contributed by atoms with Gasteiger partial charge in [0.25, 0.3) is 0 Å². The molecule has 142 valence electrons. The van der Waals surface area contributed by atoms with Crippen molar-refractivity contribution >= 4 is 23.6 Å². The van der Waals surface area contributed by atoms with Gasteiger partial charge in [-0.05, 0) is 17.7 Å². The van der Waals surface area contributed by atoms with Crippen molar-refractivity contribution in [2.45, 2.75) is 13.5 Å². The molecule has 0 radical (unpaired) electrons. The smallest absolute Gasteiger partial charge is 0.307 e. The first kappa shape index (κ1) is 18.8. The lowest BCUT2D eigenvalue weighted by atomic mass is 10.2. The molecule has 8 heteroatoms. The number of aliphatic hydroxyl groups excluding tert-OH is 1. The topological polar surface area (TPSA) is 110 Å². The van der Waals surface area contributed by atoms with Crippen LogP contribution in [-0.4, -0.2) is 36.6 Å². The van der Waals surface area contributed by atoms with E-state index in [4.69, 9.17) is 4.74 Å². The maximum Gasteiger partial charge on any atom is 0.307 e. The number of ether oxygens (including phenoxy) is 1. The fourth-order valence-electron chi connectivity index (χ4n) is 2.52. The van der Waals surface area contributed by atoms with Crippen molar-refractivity contribution in [1.29, 1.82) is 0 Å². The van der Waals surface area contributed by atoms with Gasteiger partial charge in [-0.2, -0.15) is 5.10 Å². The number of carbonyl (C=O) groups is 2. The van der Waals surface area contributed by atoms with Crippen LogP contribution in [0.15, 0.2) is 61.3 Å². The van der Waals surface area contributed by atoms with E-state index in [-0.39, 0.29) is 11.6 Å². The molecule has 8 nitrogen and oxygen atoms in total. The fourth-order valence-corrected chi connectivity index (χ4v) is 2.52. The number of nitrogens with one attached hydrogen (secondary N) is 1. The third-order valence-corrected chi connectivity index (χ3v) is 3.81. The van der Waals surface area contributed by atoms with Crippen LogP contribution >= 0.6 is 0 Å². The molecular weight excluding hydrogens is 360 g/mol. The van der Waals surface area contributed by atoms with Gasteiger partial charge in [0.15, 0.2) is 5.82 Å². The van der Waals surface area contributed by atoms with Crippen LogP contribution in [0.25, 0.3) is 11.8 Å². The van der Waals surface area contributed by atoms with Gasteiger partial charge in [0, 0.05) is 37.0 Å². The Kier molecular flexibility index (Phi) is 5.81. The van der Waals surface area contributed by atoms with E-state index in [0.717, 1.165) is 11.6 Å². The third kappa shape index (κ3) is 4.82. The SMILES string of the molecule is CC(=O)O/C=C/c1cc(/C(O)=C\C(=O)c2ncn[nH]2)cn1Cc1ccccc1. The molecule has 0 saturated heterocycles. The van der Waals surface area contributed by atoms with Crippen molar-refractivity contribution in [1.82, 2.24) is 19.7 Å². The van der Waals surface area contributed by atoms with Gasteiger partial charge in [-0.1, -0.05) is 30.3 Å². The van der Waals surface area contributed by atoms with Gasteiger partial charge in [0.1, 0.15) is 12.1 Å². The number of rotatable bonds is 7. The molecule has 0 saturated carbocycles.